The molecular weight excluding hydrogens is 367 g/mol. The minimum Gasteiger partial charge on any atom is -0.489 e. The highest BCUT2D eigenvalue weighted by Crippen LogP contribution is 2.16. The Morgan fingerprint density at radius 1 is 0.931 bits per heavy atom. The van der Waals surface area contributed by atoms with E-state index in [4.69, 9.17) is 4.74 Å². The maximum Gasteiger partial charge on any atom is 0.251 e. The highest BCUT2D eigenvalue weighted by atomic mass is 19.1. The number of ether oxygens (including phenoxy) is 1. The highest BCUT2D eigenvalue weighted by molar-refractivity contribution is 5.97. The van der Waals surface area contributed by atoms with Crippen molar-refractivity contribution in [2.45, 2.75) is 13.2 Å². The molecule has 29 heavy (non-hydrogen) atoms. The minimum atomic E-state index is -0.263. The fourth-order valence-electron chi connectivity index (χ4n) is 2.95. The summed E-state index contributed by atoms with van der Waals surface area (Å²) in [6.45, 7) is 0.787. The van der Waals surface area contributed by atoms with Gasteiger partial charge >= 0.3 is 0 Å². The van der Waals surface area contributed by atoms with E-state index in [2.05, 4.69) is 10.3 Å². The summed E-state index contributed by atoms with van der Waals surface area (Å²) in [6.07, 6.45) is 1.73. The van der Waals surface area contributed by atoms with Crippen LogP contribution in [0.3, 0.4) is 0 Å². The zero-order valence-electron chi connectivity index (χ0n) is 15.6. The van der Waals surface area contributed by atoms with Gasteiger partial charge in [0.25, 0.3) is 5.91 Å². The van der Waals surface area contributed by atoms with Gasteiger partial charge in [0.1, 0.15) is 18.2 Å². The molecule has 0 radical (unpaired) electrons. The summed E-state index contributed by atoms with van der Waals surface area (Å²) >= 11 is 0. The number of hydrogen-bond acceptors (Lipinski definition) is 3. The van der Waals surface area contributed by atoms with Crippen molar-refractivity contribution >= 4 is 16.8 Å². The van der Waals surface area contributed by atoms with Gasteiger partial charge in [-0.05, 0) is 59.7 Å². The molecule has 3 aromatic carbocycles. The summed E-state index contributed by atoms with van der Waals surface area (Å²) in [4.78, 5) is 16.7. The van der Waals surface area contributed by atoms with E-state index in [0.717, 1.165) is 22.0 Å². The molecule has 0 unspecified atom stereocenters. The smallest absolute Gasteiger partial charge is 0.251 e. The third-order valence-corrected chi connectivity index (χ3v) is 4.56. The van der Waals surface area contributed by atoms with E-state index in [0.29, 0.717) is 24.5 Å². The highest BCUT2D eigenvalue weighted by Gasteiger charge is 2.07. The molecule has 0 aliphatic carbocycles. The Balaban J connectivity index is 1.32. The van der Waals surface area contributed by atoms with E-state index in [1.165, 1.54) is 12.1 Å². The zero-order chi connectivity index (χ0) is 20.1. The van der Waals surface area contributed by atoms with Crippen LogP contribution in [0.4, 0.5) is 4.39 Å². The average Bonchev–Trinajstić information content (AvgIpc) is 2.77. The number of nitrogens with one attached hydrogen (secondary N) is 1. The van der Waals surface area contributed by atoms with E-state index in [-0.39, 0.29) is 11.7 Å². The van der Waals surface area contributed by atoms with Gasteiger partial charge in [-0.1, -0.05) is 30.3 Å². The van der Waals surface area contributed by atoms with Crippen LogP contribution in [-0.2, 0) is 13.2 Å². The monoisotopic (exact) mass is 386 g/mol. The minimum absolute atomic E-state index is 0.132. The molecule has 1 amide bonds. The first-order valence-corrected chi connectivity index (χ1v) is 9.26. The number of amides is 1. The first-order chi connectivity index (χ1) is 14.2. The van der Waals surface area contributed by atoms with Crippen molar-refractivity contribution in [3.63, 3.8) is 0 Å². The molecule has 0 spiro atoms. The number of pyridine rings is 1. The van der Waals surface area contributed by atoms with Crippen molar-refractivity contribution in [1.29, 1.82) is 0 Å². The van der Waals surface area contributed by atoms with Gasteiger partial charge < -0.3 is 10.1 Å². The maximum absolute atomic E-state index is 12.9. The lowest BCUT2D eigenvalue weighted by Gasteiger charge is -2.09. The van der Waals surface area contributed by atoms with Crippen LogP contribution in [0.2, 0.25) is 0 Å². The van der Waals surface area contributed by atoms with Crippen LogP contribution in [0.15, 0.2) is 85.1 Å². The van der Waals surface area contributed by atoms with Gasteiger partial charge in [0, 0.05) is 23.7 Å². The van der Waals surface area contributed by atoms with Crippen LogP contribution >= 0.6 is 0 Å². The molecule has 0 aliphatic rings. The van der Waals surface area contributed by atoms with Crippen molar-refractivity contribution in [3.05, 3.63) is 108 Å². The molecule has 0 saturated heterocycles. The van der Waals surface area contributed by atoms with Gasteiger partial charge in [0.2, 0.25) is 0 Å². The molecule has 4 nitrogen and oxygen atoms in total. The zero-order valence-corrected chi connectivity index (χ0v) is 15.6. The second-order valence-corrected chi connectivity index (χ2v) is 6.65. The quantitative estimate of drug-likeness (QED) is 0.514. The van der Waals surface area contributed by atoms with Crippen LogP contribution in [0.25, 0.3) is 10.9 Å². The topological polar surface area (TPSA) is 51.2 Å². The van der Waals surface area contributed by atoms with Crippen LogP contribution in [0.5, 0.6) is 5.75 Å². The van der Waals surface area contributed by atoms with Crippen LogP contribution in [0.1, 0.15) is 21.5 Å². The van der Waals surface area contributed by atoms with Crippen molar-refractivity contribution < 1.29 is 13.9 Å². The van der Waals surface area contributed by atoms with E-state index >= 15 is 0 Å². The SMILES string of the molecule is O=C(NCc1ccc(OCc2ccc(F)cc2)cc1)c1ccc2ncccc2c1. The molecule has 0 bridgehead atoms. The Hall–Kier alpha value is -3.73. The third-order valence-electron chi connectivity index (χ3n) is 4.56. The van der Waals surface area contributed by atoms with E-state index < -0.39 is 0 Å². The summed E-state index contributed by atoms with van der Waals surface area (Å²) in [6, 6.07) is 23.0. The summed E-state index contributed by atoms with van der Waals surface area (Å²) in [5.41, 5.74) is 3.33. The molecule has 1 heterocycles. The first-order valence-electron chi connectivity index (χ1n) is 9.26. The van der Waals surface area contributed by atoms with Crippen LogP contribution < -0.4 is 10.1 Å². The Labute approximate surface area is 168 Å². The lowest BCUT2D eigenvalue weighted by Crippen LogP contribution is -2.22. The van der Waals surface area contributed by atoms with Crippen molar-refractivity contribution in [3.8, 4) is 5.75 Å². The fraction of sp³-hybridized carbons (Fsp3) is 0.0833. The van der Waals surface area contributed by atoms with E-state index in [9.17, 15) is 9.18 Å². The Bertz CT molecular complexity index is 1130. The Kier molecular flexibility index (Phi) is 5.47. The molecule has 4 rings (SSSR count). The van der Waals surface area contributed by atoms with Crippen molar-refractivity contribution in [1.82, 2.24) is 10.3 Å². The number of hydrogen-bond donors (Lipinski definition) is 1. The van der Waals surface area contributed by atoms with Crippen molar-refractivity contribution in [2.75, 3.05) is 0 Å². The van der Waals surface area contributed by atoms with Gasteiger partial charge in [0.15, 0.2) is 0 Å². The van der Waals surface area contributed by atoms with Crippen LogP contribution in [-0.4, -0.2) is 10.9 Å². The summed E-state index contributed by atoms with van der Waals surface area (Å²) in [5.74, 6) is 0.319. The predicted octanol–water partition coefficient (Wildman–Crippen LogP) is 4.88. The third kappa shape index (κ3) is 4.76. The van der Waals surface area contributed by atoms with Crippen LogP contribution in [0, 0.1) is 5.82 Å². The number of aromatic nitrogens is 1. The number of fused-ring (bicyclic) bond motifs is 1. The molecule has 0 atom stereocenters. The van der Waals surface area contributed by atoms with E-state index in [1.807, 2.05) is 48.5 Å². The molecule has 0 fully saturated rings. The molecule has 1 aromatic heterocycles. The number of benzene rings is 3. The lowest BCUT2D eigenvalue weighted by molar-refractivity contribution is 0.0951. The molecule has 0 aliphatic heterocycles. The van der Waals surface area contributed by atoms with Gasteiger partial charge in [-0.3, -0.25) is 9.78 Å². The maximum atomic E-state index is 12.9. The Morgan fingerprint density at radius 3 is 2.48 bits per heavy atom. The summed E-state index contributed by atoms with van der Waals surface area (Å²) in [5, 5.41) is 3.86. The largest absolute Gasteiger partial charge is 0.489 e. The van der Waals surface area contributed by atoms with E-state index in [1.54, 1.807) is 24.4 Å². The molecular formula is C24H19FN2O2. The number of rotatable bonds is 6. The Morgan fingerprint density at radius 2 is 1.69 bits per heavy atom. The number of halogens is 1. The van der Waals surface area contributed by atoms with Crippen molar-refractivity contribution in [2.24, 2.45) is 0 Å². The molecule has 144 valence electrons. The number of carbonyl (C=O) groups is 1. The second kappa shape index (κ2) is 8.52. The first kappa shape index (κ1) is 18.6. The normalized spacial score (nSPS) is 10.7. The molecule has 0 saturated carbocycles. The average molecular weight is 386 g/mol. The van der Waals surface area contributed by atoms with Gasteiger partial charge in [-0.2, -0.15) is 0 Å². The molecule has 4 aromatic rings. The van der Waals surface area contributed by atoms with Gasteiger partial charge in [0.05, 0.1) is 5.52 Å². The predicted molar refractivity (Wildman–Crippen MR) is 110 cm³/mol. The standard InChI is InChI=1S/C24H19FN2O2/c25-21-8-3-18(4-9-21)16-29-22-10-5-17(6-11-22)15-27-24(28)20-7-12-23-19(14-20)2-1-13-26-23/h1-14H,15-16H2,(H,27,28). The number of carbonyl (C=O) groups excluding carboxylic acids is 1. The van der Waals surface area contributed by atoms with Gasteiger partial charge in [-0.15, -0.1) is 0 Å². The summed E-state index contributed by atoms with van der Waals surface area (Å²) < 4.78 is 18.6. The summed E-state index contributed by atoms with van der Waals surface area (Å²) in [7, 11) is 0. The molecule has 5 heteroatoms. The lowest BCUT2D eigenvalue weighted by atomic mass is 10.1. The second-order valence-electron chi connectivity index (χ2n) is 6.65. The molecule has 1 N–H and O–H groups in total. The number of nitrogens with zero attached hydrogens (tertiary/aromatic N) is 1. The fourth-order valence-corrected chi connectivity index (χ4v) is 2.95. The van der Waals surface area contributed by atoms with Gasteiger partial charge in [-0.25, -0.2) is 4.39 Å².